The molecule has 0 radical (unpaired) electrons. The van der Waals surface area contributed by atoms with Gasteiger partial charge in [-0.25, -0.2) is 18.4 Å². The lowest BCUT2D eigenvalue weighted by molar-refractivity contribution is 0.171. The average Bonchev–Trinajstić information content (AvgIpc) is 2.65. The Balaban J connectivity index is 1.54. The minimum absolute atomic E-state index is 0.0292. The minimum atomic E-state index is -3.73. The molecule has 1 atom stereocenters. The summed E-state index contributed by atoms with van der Waals surface area (Å²) >= 11 is 0. The van der Waals surface area contributed by atoms with Gasteiger partial charge in [0.2, 0.25) is 10.0 Å². The molecule has 0 saturated heterocycles. The molecule has 4 N–H and O–H groups in total. The number of hydrogen-bond donors (Lipinski definition) is 3. The molecule has 8 nitrogen and oxygen atoms in total. The third-order valence-electron chi connectivity index (χ3n) is 4.12. The van der Waals surface area contributed by atoms with Gasteiger partial charge < -0.3 is 20.1 Å². The van der Waals surface area contributed by atoms with Gasteiger partial charge in [-0.2, -0.15) is 0 Å². The molecule has 0 aliphatic carbocycles. The second kappa shape index (κ2) is 7.85. The summed E-state index contributed by atoms with van der Waals surface area (Å²) in [7, 11) is -3.73. The lowest BCUT2D eigenvalue weighted by Crippen LogP contribution is -2.36. The molecule has 3 rings (SSSR count). The van der Waals surface area contributed by atoms with Crippen molar-refractivity contribution in [2.45, 2.75) is 24.4 Å². The van der Waals surface area contributed by atoms with E-state index in [0.717, 1.165) is 11.1 Å². The number of carbonyl (C=O) groups is 1. The second-order valence-electron chi connectivity index (χ2n) is 6.14. The number of ether oxygens (including phenoxy) is 2. The van der Waals surface area contributed by atoms with Gasteiger partial charge in [-0.1, -0.05) is 18.2 Å². The van der Waals surface area contributed by atoms with Crippen LogP contribution in [-0.4, -0.2) is 27.7 Å². The van der Waals surface area contributed by atoms with Crippen LogP contribution in [0.5, 0.6) is 11.5 Å². The molecule has 0 unspecified atom stereocenters. The molecule has 0 saturated carbocycles. The van der Waals surface area contributed by atoms with Crippen molar-refractivity contribution in [2.75, 3.05) is 13.2 Å². The summed E-state index contributed by atoms with van der Waals surface area (Å²) in [6.45, 7) is 3.17. The number of primary sulfonamides is 1. The first-order chi connectivity index (χ1) is 12.8. The number of nitrogens with two attached hydrogens (primary N) is 1. The molecule has 0 bridgehead atoms. The number of amides is 2. The van der Waals surface area contributed by atoms with Gasteiger partial charge in [-0.15, -0.1) is 0 Å². The SMILES string of the molecule is C[C@@H](NC(=O)NCc1ccc2c(c1)OCCO2)c1ccc(S(N)(=O)=O)cc1. The van der Waals surface area contributed by atoms with Crippen LogP contribution in [0.15, 0.2) is 47.4 Å². The van der Waals surface area contributed by atoms with Crippen molar-refractivity contribution in [1.82, 2.24) is 10.6 Å². The van der Waals surface area contributed by atoms with E-state index in [1.54, 1.807) is 19.1 Å². The lowest BCUT2D eigenvalue weighted by atomic mass is 10.1. The van der Waals surface area contributed by atoms with E-state index >= 15 is 0 Å². The highest BCUT2D eigenvalue weighted by atomic mass is 32.2. The molecule has 0 aromatic heterocycles. The number of fused-ring (bicyclic) bond motifs is 1. The van der Waals surface area contributed by atoms with Crippen molar-refractivity contribution in [2.24, 2.45) is 5.14 Å². The van der Waals surface area contributed by atoms with Crippen LogP contribution >= 0.6 is 0 Å². The van der Waals surface area contributed by atoms with Crippen LogP contribution in [0.2, 0.25) is 0 Å². The van der Waals surface area contributed by atoms with E-state index in [0.29, 0.717) is 31.3 Å². The topological polar surface area (TPSA) is 120 Å². The van der Waals surface area contributed by atoms with E-state index in [9.17, 15) is 13.2 Å². The van der Waals surface area contributed by atoms with Gasteiger partial charge in [0.05, 0.1) is 10.9 Å². The van der Waals surface area contributed by atoms with Crippen LogP contribution < -0.4 is 25.2 Å². The van der Waals surface area contributed by atoms with Crippen LogP contribution in [0, 0.1) is 0 Å². The smallest absolute Gasteiger partial charge is 0.315 e. The number of sulfonamides is 1. The standard InChI is InChI=1S/C18H21N3O5S/c1-12(14-3-5-15(6-4-14)27(19,23)24)21-18(22)20-11-13-2-7-16-17(10-13)26-9-8-25-16/h2-7,10,12H,8-9,11H2,1H3,(H2,19,23,24)(H2,20,21,22)/t12-/m1/s1. The summed E-state index contributed by atoms with van der Waals surface area (Å²) in [6.07, 6.45) is 0. The van der Waals surface area contributed by atoms with Gasteiger partial charge in [0.1, 0.15) is 13.2 Å². The predicted molar refractivity (Wildman–Crippen MR) is 99.0 cm³/mol. The third-order valence-corrected chi connectivity index (χ3v) is 5.05. The highest BCUT2D eigenvalue weighted by Gasteiger charge is 2.14. The molecule has 1 aliphatic heterocycles. The summed E-state index contributed by atoms with van der Waals surface area (Å²) < 4.78 is 33.6. The van der Waals surface area contributed by atoms with Gasteiger partial charge in [-0.05, 0) is 42.3 Å². The second-order valence-corrected chi connectivity index (χ2v) is 7.70. The summed E-state index contributed by atoms with van der Waals surface area (Å²) in [5.74, 6) is 1.37. The molecule has 2 aromatic rings. The van der Waals surface area contributed by atoms with E-state index in [1.165, 1.54) is 12.1 Å². The van der Waals surface area contributed by atoms with Gasteiger partial charge in [-0.3, -0.25) is 0 Å². The van der Waals surface area contributed by atoms with Gasteiger partial charge in [0, 0.05) is 6.54 Å². The van der Waals surface area contributed by atoms with Crippen molar-refractivity contribution >= 4 is 16.1 Å². The van der Waals surface area contributed by atoms with E-state index in [1.807, 2.05) is 18.2 Å². The first-order valence-electron chi connectivity index (χ1n) is 8.38. The van der Waals surface area contributed by atoms with Gasteiger partial charge in [0.15, 0.2) is 11.5 Å². The fourth-order valence-electron chi connectivity index (χ4n) is 2.66. The Morgan fingerprint density at radius 2 is 1.78 bits per heavy atom. The third kappa shape index (κ3) is 4.89. The van der Waals surface area contributed by atoms with Crippen molar-refractivity contribution in [1.29, 1.82) is 0 Å². The maximum atomic E-state index is 12.1. The van der Waals surface area contributed by atoms with Crippen molar-refractivity contribution in [3.63, 3.8) is 0 Å². The van der Waals surface area contributed by atoms with Crippen LogP contribution in [0.4, 0.5) is 4.79 Å². The normalized spacial score (nSPS) is 14.3. The Kier molecular flexibility index (Phi) is 5.52. The van der Waals surface area contributed by atoms with Crippen LogP contribution in [0.3, 0.4) is 0 Å². The molecule has 1 heterocycles. The number of hydrogen-bond acceptors (Lipinski definition) is 5. The zero-order valence-electron chi connectivity index (χ0n) is 14.8. The number of rotatable bonds is 5. The summed E-state index contributed by atoms with van der Waals surface area (Å²) in [5.41, 5.74) is 1.65. The van der Waals surface area contributed by atoms with E-state index in [4.69, 9.17) is 14.6 Å². The quantitative estimate of drug-likeness (QED) is 0.716. The Hall–Kier alpha value is -2.78. The zero-order valence-corrected chi connectivity index (χ0v) is 15.6. The van der Waals surface area contributed by atoms with E-state index < -0.39 is 10.0 Å². The maximum Gasteiger partial charge on any atom is 0.315 e. The molecule has 2 amide bonds. The number of benzene rings is 2. The van der Waals surface area contributed by atoms with E-state index in [2.05, 4.69) is 10.6 Å². The Labute approximate surface area is 157 Å². The highest BCUT2D eigenvalue weighted by molar-refractivity contribution is 7.89. The lowest BCUT2D eigenvalue weighted by Gasteiger charge is -2.19. The molecule has 9 heteroatoms. The summed E-state index contributed by atoms with van der Waals surface area (Å²) in [5, 5.41) is 10.7. The summed E-state index contributed by atoms with van der Waals surface area (Å²) in [4.78, 5) is 12.2. The fraction of sp³-hybridized carbons (Fsp3) is 0.278. The largest absolute Gasteiger partial charge is 0.486 e. The summed E-state index contributed by atoms with van der Waals surface area (Å²) in [6, 6.07) is 10.9. The van der Waals surface area contributed by atoms with Crippen molar-refractivity contribution in [3.8, 4) is 11.5 Å². The van der Waals surface area contributed by atoms with Crippen molar-refractivity contribution < 1.29 is 22.7 Å². The Morgan fingerprint density at radius 3 is 2.44 bits per heavy atom. The Bertz CT molecular complexity index is 929. The monoisotopic (exact) mass is 391 g/mol. The van der Waals surface area contributed by atoms with Crippen LogP contribution in [-0.2, 0) is 16.6 Å². The first kappa shape index (κ1) is 19.0. The molecule has 0 fully saturated rings. The van der Waals surface area contributed by atoms with Gasteiger partial charge >= 0.3 is 6.03 Å². The van der Waals surface area contributed by atoms with E-state index in [-0.39, 0.29) is 17.0 Å². The molecule has 1 aliphatic rings. The van der Waals surface area contributed by atoms with Crippen molar-refractivity contribution in [3.05, 3.63) is 53.6 Å². The predicted octanol–water partition coefficient (Wildman–Crippen LogP) is 1.67. The molecule has 27 heavy (non-hydrogen) atoms. The highest BCUT2D eigenvalue weighted by Crippen LogP contribution is 2.30. The Morgan fingerprint density at radius 1 is 1.11 bits per heavy atom. The number of urea groups is 1. The van der Waals surface area contributed by atoms with Gasteiger partial charge in [0.25, 0.3) is 0 Å². The molecule has 0 spiro atoms. The zero-order chi connectivity index (χ0) is 19.4. The molecule has 144 valence electrons. The molecule has 2 aromatic carbocycles. The molecular weight excluding hydrogens is 370 g/mol. The number of carbonyl (C=O) groups excluding carboxylic acids is 1. The van der Waals surface area contributed by atoms with Crippen LogP contribution in [0.1, 0.15) is 24.1 Å². The average molecular weight is 391 g/mol. The first-order valence-corrected chi connectivity index (χ1v) is 9.93. The van der Waals surface area contributed by atoms with Crippen LogP contribution in [0.25, 0.3) is 0 Å². The molecular formula is C18H21N3O5S. The minimum Gasteiger partial charge on any atom is -0.486 e. The fourth-order valence-corrected chi connectivity index (χ4v) is 3.17. The number of nitrogens with one attached hydrogen (secondary N) is 2. The maximum absolute atomic E-state index is 12.1.